The lowest BCUT2D eigenvalue weighted by molar-refractivity contribution is 0.0845. The standard InChI is InChI=1S/C25H19ClFN3O2/c26-20-9-6-18(7-10-20)24(31)23(15-30-13-12-28-16-30)29-25(32)21-11-8-19(14-22(21)27)17-4-2-1-3-5-17/h1-14,16,23H,15H2,(H,29,32). The molecule has 1 N–H and O–H groups in total. The Balaban J connectivity index is 1.58. The smallest absolute Gasteiger partial charge is 0.254 e. The Kier molecular flexibility index (Phi) is 6.42. The number of benzene rings is 3. The first-order valence-electron chi connectivity index (χ1n) is 9.92. The van der Waals surface area contributed by atoms with Gasteiger partial charge in [0.05, 0.1) is 18.4 Å². The normalized spacial score (nSPS) is 11.7. The number of halogens is 2. The van der Waals surface area contributed by atoms with Crippen molar-refractivity contribution in [2.24, 2.45) is 0 Å². The molecular weight excluding hydrogens is 429 g/mol. The lowest BCUT2D eigenvalue weighted by Crippen LogP contribution is -2.44. The van der Waals surface area contributed by atoms with Gasteiger partial charge in [-0.2, -0.15) is 0 Å². The van der Waals surface area contributed by atoms with Crippen molar-refractivity contribution in [3.05, 3.63) is 113 Å². The summed E-state index contributed by atoms with van der Waals surface area (Å²) in [5, 5.41) is 3.17. The summed E-state index contributed by atoms with van der Waals surface area (Å²) in [7, 11) is 0. The molecule has 0 fully saturated rings. The maximum absolute atomic E-state index is 14.8. The maximum atomic E-state index is 14.8. The van der Waals surface area contributed by atoms with Crippen molar-refractivity contribution in [2.45, 2.75) is 12.6 Å². The van der Waals surface area contributed by atoms with E-state index in [1.54, 1.807) is 53.6 Å². The molecule has 32 heavy (non-hydrogen) atoms. The molecule has 0 saturated carbocycles. The molecule has 0 aliphatic rings. The molecule has 7 heteroatoms. The average Bonchev–Trinajstić information content (AvgIpc) is 3.32. The Hall–Kier alpha value is -3.77. The number of Topliss-reactive ketones (excluding diaryl/α,β-unsaturated/α-hetero) is 1. The van der Waals surface area contributed by atoms with Gasteiger partial charge >= 0.3 is 0 Å². The van der Waals surface area contributed by atoms with E-state index in [4.69, 9.17) is 11.6 Å². The lowest BCUT2D eigenvalue weighted by atomic mass is 10.0. The van der Waals surface area contributed by atoms with Gasteiger partial charge in [-0.05, 0) is 47.5 Å². The maximum Gasteiger partial charge on any atom is 0.254 e. The van der Waals surface area contributed by atoms with Crippen molar-refractivity contribution >= 4 is 23.3 Å². The van der Waals surface area contributed by atoms with Crippen LogP contribution in [-0.2, 0) is 6.54 Å². The Labute approximate surface area is 189 Å². The quantitative estimate of drug-likeness (QED) is 0.404. The predicted molar refractivity (Wildman–Crippen MR) is 121 cm³/mol. The zero-order chi connectivity index (χ0) is 22.5. The molecule has 0 aliphatic carbocycles. The number of aromatic nitrogens is 2. The Morgan fingerprint density at radius 2 is 1.75 bits per heavy atom. The fourth-order valence-corrected chi connectivity index (χ4v) is 3.49. The monoisotopic (exact) mass is 447 g/mol. The predicted octanol–water partition coefficient (Wildman–Crippen LogP) is 5.02. The Morgan fingerprint density at radius 3 is 2.41 bits per heavy atom. The van der Waals surface area contributed by atoms with Gasteiger partial charge in [0.1, 0.15) is 11.9 Å². The van der Waals surface area contributed by atoms with E-state index in [1.807, 2.05) is 30.3 Å². The number of hydrogen-bond acceptors (Lipinski definition) is 3. The summed E-state index contributed by atoms with van der Waals surface area (Å²) in [5.74, 6) is -1.65. The van der Waals surface area contributed by atoms with E-state index in [9.17, 15) is 14.0 Å². The van der Waals surface area contributed by atoms with E-state index >= 15 is 0 Å². The summed E-state index contributed by atoms with van der Waals surface area (Å²) in [6, 6.07) is 19.2. The largest absolute Gasteiger partial charge is 0.340 e. The first-order chi connectivity index (χ1) is 15.5. The highest BCUT2D eigenvalue weighted by molar-refractivity contribution is 6.30. The molecule has 4 rings (SSSR count). The van der Waals surface area contributed by atoms with E-state index in [1.165, 1.54) is 12.1 Å². The van der Waals surface area contributed by atoms with Crippen molar-refractivity contribution in [1.29, 1.82) is 0 Å². The summed E-state index contributed by atoms with van der Waals surface area (Å²) in [5.41, 5.74) is 1.75. The van der Waals surface area contributed by atoms with E-state index in [2.05, 4.69) is 10.3 Å². The van der Waals surface area contributed by atoms with E-state index in [-0.39, 0.29) is 17.9 Å². The van der Waals surface area contributed by atoms with Crippen LogP contribution in [0.1, 0.15) is 20.7 Å². The van der Waals surface area contributed by atoms with E-state index in [0.29, 0.717) is 16.1 Å². The molecule has 1 amide bonds. The molecule has 1 unspecified atom stereocenters. The van der Waals surface area contributed by atoms with Gasteiger partial charge in [0, 0.05) is 23.0 Å². The average molecular weight is 448 g/mol. The van der Waals surface area contributed by atoms with Crippen molar-refractivity contribution in [3.8, 4) is 11.1 Å². The van der Waals surface area contributed by atoms with Crippen LogP contribution in [0.25, 0.3) is 11.1 Å². The molecule has 0 radical (unpaired) electrons. The lowest BCUT2D eigenvalue weighted by Gasteiger charge is -2.19. The highest BCUT2D eigenvalue weighted by atomic mass is 35.5. The zero-order valence-electron chi connectivity index (χ0n) is 16.9. The van der Waals surface area contributed by atoms with E-state index in [0.717, 1.165) is 5.56 Å². The van der Waals surface area contributed by atoms with Gasteiger partial charge in [0.15, 0.2) is 5.78 Å². The molecule has 1 heterocycles. The summed E-state index contributed by atoms with van der Waals surface area (Å²) in [6.45, 7) is 0.150. The van der Waals surface area contributed by atoms with Gasteiger partial charge in [-0.15, -0.1) is 0 Å². The SMILES string of the molecule is O=C(NC(Cn1ccnc1)C(=O)c1ccc(Cl)cc1)c1ccc(-c2ccccc2)cc1F. The molecular formula is C25H19ClFN3O2. The molecule has 1 atom stereocenters. The summed E-state index contributed by atoms with van der Waals surface area (Å²) < 4.78 is 16.5. The van der Waals surface area contributed by atoms with Crippen LogP contribution in [0, 0.1) is 5.82 Å². The number of amides is 1. The molecule has 0 saturated heterocycles. The second-order valence-electron chi connectivity index (χ2n) is 7.22. The second-order valence-corrected chi connectivity index (χ2v) is 7.65. The van der Waals surface area contributed by atoms with Gasteiger partial charge in [0.25, 0.3) is 5.91 Å². The zero-order valence-corrected chi connectivity index (χ0v) is 17.7. The van der Waals surface area contributed by atoms with Crippen molar-refractivity contribution in [2.75, 3.05) is 0 Å². The third-order valence-electron chi connectivity index (χ3n) is 5.02. The Bertz CT molecular complexity index is 1230. The summed E-state index contributed by atoms with van der Waals surface area (Å²) in [6.07, 6.45) is 4.81. The highest BCUT2D eigenvalue weighted by Gasteiger charge is 2.24. The molecule has 0 bridgehead atoms. The minimum absolute atomic E-state index is 0.135. The minimum atomic E-state index is -0.925. The van der Waals surface area contributed by atoms with Gasteiger partial charge in [-0.1, -0.05) is 48.0 Å². The van der Waals surface area contributed by atoms with Crippen LogP contribution in [0.4, 0.5) is 4.39 Å². The van der Waals surface area contributed by atoms with Gasteiger partial charge in [-0.3, -0.25) is 9.59 Å². The van der Waals surface area contributed by atoms with Gasteiger partial charge < -0.3 is 9.88 Å². The number of rotatable bonds is 7. The van der Waals surface area contributed by atoms with Gasteiger partial charge in [0.2, 0.25) is 0 Å². The van der Waals surface area contributed by atoms with Crippen molar-refractivity contribution in [1.82, 2.24) is 14.9 Å². The summed E-state index contributed by atoms with van der Waals surface area (Å²) >= 11 is 5.91. The molecule has 0 aliphatic heterocycles. The van der Waals surface area contributed by atoms with Crippen LogP contribution in [0.3, 0.4) is 0 Å². The molecule has 3 aromatic carbocycles. The number of carbonyl (C=O) groups is 2. The molecule has 160 valence electrons. The number of nitrogens with zero attached hydrogens (tertiary/aromatic N) is 2. The number of hydrogen-bond donors (Lipinski definition) is 1. The van der Waals surface area contributed by atoms with Gasteiger partial charge in [-0.25, -0.2) is 9.37 Å². The fourth-order valence-electron chi connectivity index (χ4n) is 3.36. The number of carbonyl (C=O) groups excluding carboxylic acids is 2. The molecule has 1 aromatic heterocycles. The topological polar surface area (TPSA) is 64.0 Å². The van der Waals surface area contributed by atoms with Crippen LogP contribution < -0.4 is 5.32 Å². The van der Waals surface area contributed by atoms with Crippen molar-refractivity contribution in [3.63, 3.8) is 0 Å². The van der Waals surface area contributed by atoms with Crippen LogP contribution in [-0.4, -0.2) is 27.3 Å². The molecule has 5 nitrogen and oxygen atoms in total. The summed E-state index contributed by atoms with van der Waals surface area (Å²) in [4.78, 5) is 30.0. The molecule has 0 spiro atoms. The van der Waals surface area contributed by atoms with Crippen LogP contribution in [0.5, 0.6) is 0 Å². The van der Waals surface area contributed by atoms with Crippen LogP contribution in [0.2, 0.25) is 5.02 Å². The third-order valence-corrected chi connectivity index (χ3v) is 5.28. The van der Waals surface area contributed by atoms with Crippen LogP contribution in [0.15, 0.2) is 91.5 Å². The second kappa shape index (κ2) is 9.58. The minimum Gasteiger partial charge on any atom is -0.340 e. The number of imidazole rings is 1. The number of ketones is 1. The first kappa shape index (κ1) is 21.5. The van der Waals surface area contributed by atoms with E-state index < -0.39 is 17.8 Å². The molecule has 4 aromatic rings. The number of nitrogens with one attached hydrogen (secondary N) is 1. The van der Waals surface area contributed by atoms with Crippen LogP contribution >= 0.6 is 11.6 Å². The fraction of sp³-hybridized carbons (Fsp3) is 0.0800. The van der Waals surface area contributed by atoms with Crippen molar-refractivity contribution < 1.29 is 14.0 Å². The highest BCUT2D eigenvalue weighted by Crippen LogP contribution is 2.22. The Morgan fingerprint density at radius 1 is 1.00 bits per heavy atom. The first-order valence-corrected chi connectivity index (χ1v) is 10.3. The third kappa shape index (κ3) is 4.92.